The van der Waals surface area contributed by atoms with E-state index in [1.165, 1.54) is 0 Å². The fourth-order valence-corrected chi connectivity index (χ4v) is 1.92. The molecule has 0 aliphatic carbocycles. The Hall–Kier alpha value is -0.120. The third-order valence-electron chi connectivity index (χ3n) is 3.57. The number of morpholine rings is 1. The van der Waals surface area contributed by atoms with Gasteiger partial charge in [0.05, 0.1) is 12.7 Å². The molecule has 3 heteroatoms. The first kappa shape index (κ1) is 13.9. The average Bonchev–Trinajstić information content (AvgIpc) is 2.29. The first-order valence-corrected chi connectivity index (χ1v) is 6.70. The zero-order chi connectivity index (χ0) is 12.0. The van der Waals surface area contributed by atoms with E-state index in [-0.39, 0.29) is 0 Å². The second-order valence-corrected chi connectivity index (χ2v) is 5.19. The van der Waals surface area contributed by atoms with Crippen LogP contribution >= 0.6 is 0 Å². The smallest absolute Gasteiger partial charge is 0.0700 e. The second kappa shape index (κ2) is 7.25. The van der Waals surface area contributed by atoms with Gasteiger partial charge in [-0.25, -0.2) is 0 Å². The van der Waals surface area contributed by atoms with E-state index in [0.29, 0.717) is 18.1 Å². The second-order valence-electron chi connectivity index (χ2n) is 5.19. The maximum atomic E-state index is 5.66. The lowest BCUT2D eigenvalue weighted by Crippen LogP contribution is -2.46. The molecule has 96 valence electrons. The van der Waals surface area contributed by atoms with Crippen molar-refractivity contribution in [2.45, 2.75) is 46.3 Å². The number of rotatable bonds is 6. The molecule has 2 unspecified atom stereocenters. The minimum absolute atomic E-state index is 0.455. The van der Waals surface area contributed by atoms with Crippen molar-refractivity contribution in [1.82, 2.24) is 10.2 Å². The number of nitrogens with zero attached hydrogens (tertiary/aromatic N) is 1. The fourth-order valence-electron chi connectivity index (χ4n) is 1.92. The minimum Gasteiger partial charge on any atom is -0.376 e. The van der Waals surface area contributed by atoms with Gasteiger partial charge in [0.25, 0.3) is 0 Å². The van der Waals surface area contributed by atoms with Gasteiger partial charge in [-0.2, -0.15) is 0 Å². The van der Waals surface area contributed by atoms with E-state index in [1.807, 2.05) is 0 Å². The summed E-state index contributed by atoms with van der Waals surface area (Å²) in [5, 5.41) is 3.58. The van der Waals surface area contributed by atoms with Gasteiger partial charge in [0.15, 0.2) is 0 Å². The summed E-state index contributed by atoms with van der Waals surface area (Å²) in [4.78, 5) is 2.51. The SMILES string of the molecule is CCC1CN(CCNC(C)C(C)C)CCO1. The van der Waals surface area contributed by atoms with E-state index in [1.54, 1.807) is 0 Å². The van der Waals surface area contributed by atoms with E-state index in [9.17, 15) is 0 Å². The molecular formula is C13H28N2O. The van der Waals surface area contributed by atoms with Crippen LogP contribution < -0.4 is 5.32 Å². The Balaban J connectivity index is 2.12. The normalized spacial score (nSPS) is 24.9. The van der Waals surface area contributed by atoms with Crippen LogP contribution in [0.2, 0.25) is 0 Å². The molecule has 0 aromatic carbocycles. The maximum Gasteiger partial charge on any atom is 0.0700 e. The molecule has 0 spiro atoms. The van der Waals surface area contributed by atoms with Crippen molar-refractivity contribution in [3.8, 4) is 0 Å². The Labute approximate surface area is 101 Å². The molecule has 3 nitrogen and oxygen atoms in total. The van der Waals surface area contributed by atoms with E-state index in [0.717, 1.165) is 39.2 Å². The zero-order valence-corrected chi connectivity index (χ0v) is 11.3. The summed E-state index contributed by atoms with van der Waals surface area (Å²) in [5.41, 5.74) is 0. The van der Waals surface area contributed by atoms with Crippen molar-refractivity contribution in [2.75, 3.05) is 32.8 Å². The lowest BCUT2D eigenvalue weighted by molar-refractivity contribution is -0.0292. The van der Waals surface area contributed by atoms with Gasteiger partial charge < -0.3 is 10.1 Å². The summed E-state index contributed by atoms with van der Waals surface area (Å²) >= 11 is 0. The zero-order valence-electron chi connectivity index (χ0n) is 11.3. The largest absolute Gasteiger partial charge is 0.376 e. The van der Waals surface area contributed by atoms with Crippen molar-refractivity contribution >= 4 is 0 Å². The van der Waals surface area contributed by atoms with Crippen LogP contribution in [0.15, 0.2) is 0 Å². The number of nitrogens with one attached hydrogen (secondary N) is 1. The molecular weight excluding hydrogens is 200 g/mol. The Morgan fingerprint density at radius 1 is 1.38 bits per heavy atom. The third kappa shape index (κ3) is 4.81. The van der Waals surface area contributed by atoms with Crippen molar-refractivity contribution in [2.24, 2.45) is 5.92 Å². The summed E-state index contributed by atoms with van der Waals surface area (Å²) in [5.74, 6) is 0.716. The van der Waals surface area contributed by atoms with Gasteiger partial charge in [-0.15, -0.1) is 0 Å². The van der Waals surface area contributed by atoms with Crippen LogP contribution in [0.1, 0.15) is 34.1 Å². The lowest BCUT2D eigenvalue weighted by Gasteiger charge is -2.32. The molecule has 0 bridgehead atoms. The molecule has 0 saturated carbocycles. The molecule has 0 aromatic rings. The summed E-state index contributed by atoms with van der Waals surface area (Å²) in [7, 11) is 0. The Morgan fingerprint density at radius 2 is 2.12 bits per heavy atom. The van der Waals surface area contributed by atoms with Gasteiger partial charge in [-0.1, -0.05) is 20.8 Å². The standard InChI is InChI=1S/C13H28N2O/c1-5-13-10-15(8-9-16-13)7-6-14-12(4)11(2)3/h11-14H,5-10H2,1-4H3. The van der Waals surface area contributed by atoms with Crippen molar-refractivity contribution < 1.29 is 4.74 Å². The van der Waals surface area contributed by atoms with E-state index in [2.05, 4.69) is 37.9 Å². The first-order chi connectivity index (χ1) is 7.63. The molecule has 1 fully saturated rings. The van der Waals surface area contributed by atoms with Gasteiger partial charge in [0.1, 0.15) is 0 Å². The first-order valence-electron chi connectivity index (χ1n) is 6.70. The van der Waals surface area contributed by atoms with Crippen LogP contribution in [0.3, 0.4) is 0 Å². The number of ether oxygens (including phenoxy) is 1. The summed E-state index contributed by atoms with van der Waals surface area (Å²) in [6.45, 7) is 14.3. The maximum absolute atomic E-state index is 5.66. The Morgan fingerprint density at radius 3 is 2.75 bits per heavy atom. The van der Waals surface area contributed by atoms with Crippen LogP contribution in [0, 0.1) is 5.92 Å². The van der Waals surface area contributed by atoms with Gasteiger partial charge in [0.2, 0.25) is 0 Å². The molecule has 0 amide bonds. The van der Waals surface area contributed by atoms with E-state index >= 15 is 0 Å². The highest BCUT2D eigenvalue weighted by atomic mass is 16.5. The highest BCUT2D eigenvalue weighted by molar-refractivity contribution is 4.72. The topological polar surface area (TPSA) is 24.5 Å². The molecule has 16 heavy (non-hydrogen) atoms. The monoisotopic (exact) mass is 228 g/mol. The quantitative estimate of drug-likeness (QED) is 0.749. The van der Waals surface area contributed by atoms with Gasteiger partial charge in [0, 0.05) is 32.2 Å². The predicted molar refractivity (Wildman–Crippen MR) is 68.8 cm³/mol. The average molecular weight is 228 g/mol. The van der Waals surface area contributed by atoms with Crippen molar-refractivity contribution in [3.05, 3.63) is 0 Å². The third-order valence-corrected chi connectivity index (χ3v) is 3.57. The number of hydrogen-bond acceptors (Lipinski definition) is 3. The molecule has 1 aliphatic rings. The summed E-state index contributed by atoms with van der Waals surface area (Å²) < 4.78 is 5.66. The highest BCUT2D eigenvalue weighted by Crippen LogP contribution is 2.07. The highest BCUT2D eigenvalue weighted by Gasteiger charge is 2.18. The molecule has 1 N–H and O–H groups in total. The van der Waals surface area contributed by atoms with Crippen molar-refractivity contribution in [1.29, 1.82) is 0 Å². The Bertz CT molecular complexity index is 185. The van der Waals surface area contributed by atoms with Crippen LogP contribution in [-0.2, 0) is 4.74 Å². The van der Waals surface area contributed by atoms with E-state index < -0.39 is 0 Å². The Kier molecular flexibility index (Phi) is 6.32. The van der Waals surface area contributed by atoms with Crippen LogP contribution in [0.4, 0.5) is 0 Å². The van der Waals surface area contributed by atoms with E-state index in [4.69, 9.17) is 4.74 Å². The van der Waals surface area contributed by atoms with Gasteiger partial charge in [-0.05, 0) is 19.3 Å². The summed E-state index contributed by atoms with van der Waals surface area (Å²) in [6.07, 6.45) is 1.59. The van der Waals surface area contributed by atoms with Crippen LogP contribution in [0.25, 0.3) is 0 Å². The summed E-state index contributed by atoms with van der Waals surface area (Å²) in [6, 6.07) is 0.614. The predicted octanol–water partition coefficient (Wildman–Crippen LogP) is 1.73. The lowest BCUT2D eigenvalue weighted by atomic mass is 10.1. The molecule has 2 atom stereocenters. The molecule has 1 saturated heterocycles. The fraction of sp³-hybridized carbons (Fsp3) is 1.00. The molecule has 1 heterocycles. The molecule has 1 rings (SSSR count). The van der Waals surface area contributed by atoms with Gasteiger partial charge in [-0.3, -0.25) is 4.90 Å². The van der Waals surface area contributed by atoms with Crippen molar-refractivity contribution in [3.63, 3.8) is 0 Å². The van der Waals surface area contributed by atoms with Crippen LogP contribution in [-0.4, -0.2) is 49.8 Å². The van der Waals surface area contributed by atoms with Crippen LogP contribution in [0.5, 0.6) is 0 Å². The molecule has 0 aromatic heterocycles. The molecule has 0 radical (unpaired) electrons. The number of hydrogen-bond donors (Lipinski definition) is 1. The van der Waals surface area contributed by atoms with Gasteiger partial charge >= 0.3 is 0 Å². The minimum atomic E-state index is 0.455. The molecule has 1 aliphatic heterocycles.